The third kappa shape index (κ3) is 2.38. The molecule has 1 saturated heterocycles. The number of benzene rings is 1. The first-order valence-electron chi connectivity index (χ1n) is 5.58. The third-order valence-corrected chi connectivity index (χ3v) is 3.46. The highest BCUT2D eigenvalue weighted by Crippen LogP contribution is 2.22. The number of hydrogen-bond acceptors (Lipinski definition) is 3. The summed E-state index contributed by atoms with van der Waals surface area (Å²) in [5.74, 6) is -0.868. The Labute approximate surface area is 112 Å². The standard InChI is InChI=1S/C12H12BrFN2O2/c1-2-16-11(17)6-10(12(16)18)15-7-3-4-8(13)9(14)5-7/h3-5,10,15H,2,6H2,1H3. The largest absolute Gasteiger partial charge is 0.373 e. The van der Waals surface area contributed by atoms with Gasteiger partial charge in [0.1, 0.15) is 11.9 Å². The highest BCUT2D eigenvalue weighted by molar-refractivity contribution is 9.10. The van der Waals surface area contributed by atoms with E-state index in [-0.39, 0.29) is 18.2 Å². The number of nitrogens with zero attached hydrogens (tertiary/aromatic N) is 1. The van der Waals surface area contributed by atoms with E-state index in [1.54, 1.807) is 19.1 Å². The van der Waals surface area contributed by atoms with Crippen LogP contribution in [-0.2, 0) is 9.59 Å². The number of anilines is 1. The van der Waals surface area contributed by atoms with Crippen molar-refractivity contribution in [3.63, 3.8) is 0 Å². The number of imide groups is 1. The molecule has 1 atom stereocenters. The van der Waals surface area contributed by atoms with Crippen LogP contribution in [0, 0.1) is 5.82 Å². The molecule has 4 nitrogen and oxygen atoms in total. The van der Waals surface area contributed by atoms with Crippen LogP contribution in [0.3, 0.4) is 0 Å². The van der Waals surface area contributed by atoms with Crippen molar-refractivity contribution < 1.29 is 14.0 Å². The Bertz CT molecular complexity index is 507. The number of rotatable bonds is 3. The van der Waals surface area contributed by atoms with Crippen LogP contribution in [-0.4, -0.2) is 29.3 Å². The molecule has 1 heterocycles. The average Bonchev–Trinajstić information content (AvgIpc) is 2.59. The minimum atomic E-state index is -0.599. The lowest BCUT2D eigenvalue weighted by Gasteiger charge is -2.14. The van der Waals surface area contributed by atoms with Gasteiger partial charge in [-0.2, -0.15) is 0 Å². The first-order chi connectivity index (χ1) is 8.52. The summed E-state index contributed by atoms with van der Waals surface area (Å²) in [4.78, 5) is 24.6. The van der Waals surface area contributed by atoms with Crippen LogP contribution in [0.1, 0.15) is 13.3 Å². The Morgan fingerprint density at radius 1 is 1.50 bits per heavy atom. The van der Waals surface area contributed by atoms with Gasteiger partial charge in [-0.3, -0.25) is 14.5 Å². The van der Waals surface area contributed by atoms with Gasteiger partial charge in [-0.05, 0) is 41.1 Å². The first kappa shape index (κ1) is 13.0. The van der Waals surface area contributed by atoms with Crippen LogP contribution in [0.5, 0.6) is 0 Å². The zero-order valence-corrected chi connectivity index (χ0v) is 11.3. The fourth-order valence-corrected chi connectivity index (χ4v) is 2.16. The number of carbonyl (C=O) groups is 2. The molecule has 1 aromatic rings. The maximum Gasteiger partial charge on any atom is 0.252 e. The lowest BCUT2D eigenvalue weighted by atomic mass is 10.2. The molecule has 0 aromatic heterocycles. The highest BCUT2D eigenvalue weighted by atomic mass is 79.9. The Morgan fingerprint density at radius 3 is 2.78 bits per heavy atom. The second kappa shape index (κ2) is 5.06. The van der Waals surface area contributed by atoms with Crippen LogP contribution >= 0.6 is 15.9 Å². The minimum Gasteiger partial charge on any atom is -0.373 e. The van der Waals surface area contributed by atoms with Crippen LogP contribution in [0.15, 0.2) is 22.7 Å². The zero-order valence-electron chi connectivity index (χ0n) is 9.74. The second-order valence-electron chi connectivity index (χ2n) is 4.01. The summed E-state index contributed by atoms with van der Waals surface area (Å²) in [5.41, 5.74) is 0.486. The zero-order chi connectivity index (χ0) is 13.3. The lowest BCUT2D eigenvalue weighted by molar-refractivity contribution is -0.138. The summed E-state index contributed by atoms with van der Waals surface area (Å²) in [5, 5.41) is 2.88. The molecule has 0 saturated carbocycles. The van der Waals surface area contributed by atoms with Crippen molar-refractivity contribution in [2.75, 3.05) is 11.9 Å². The number of hydrogen-bond donors (Lipinski definition) is 1. The van der Waals surface area contributed by atoms with Crippen molar-refractivity contribution in [3.8, 4) is 0 Å². The summed E-state index contributed by atoms with van der Waals surface area (Å²) in [6, 6.07) is 3.89. The molecule has 1 unspecified atom stereocenters. The Hall–Kier alpha value is -1.43. The fraction of sp³-hybridized carbons (Fsp3) is 0.333. The summed E-state index contributed by atoms with van der Waals surface area (Å²) < 4.78 is 13.7. The van der Waals surface area contributed by atoms with Gasteiger partial charge in [0.2, 0.25) is 5.91 Å². The molecule has 18 heavy (non-hydrogen) atoms. The average molecular weight is 315 g/mol. The normalized spacial score (nSPS) is 19.5. The smallest absolute Gasteiger partial charge is 0.252 e. The second-order valence-corrected chi connectivity index (χ2v) is 4.86. The molecule has 0 spiro atoms. The van der Waals surface area contributed by atoms with E-state index < -0.39 is 11.9 Å². The van der Waals surface area contributed by atoms with Gasteiger partial charge in [-0.1, -0.05) is 0 Å². The van der Waals surface area contributed by atoms with E-state index in [0.717, 1.165) is 0 Å². The topological polar surface area (TPSA) is 49.4 Å². The van der Waals surface area contributed by atoms with Crippen LogP contribution < -0.4 is 5.32 Å². The predicted octanol–water partition coefficient (Wildman–Crippen LogP) is 2.15. The van der Waals surface area contributed by atoms with Crippen molar-refractivity contribution in [3.05, 3.63) is 28.5 Å². The molecular weight excluding hydrogens is 303 g/mol. The van der Waals surface area contributed by atoms with Crippen molar-refractivity contribution in [2.24, 2.45) is 0 Å². The molecule has 2 rings (SSSR count). The van der Waals surface area contributed by atoms with Crippen LogP contribution in [0.25, 0.3) is 0 Å². The van der Waals surface area contributed by atoms with Gasteiger partial charge in [-0.25, -0.2) is 4.39 Å². The number of halogens is 2. The van der Waals surface area contributed by atoms with E-state index in [2.05, 4.69) is 21.2 Å². The Balaban J connectivity index is 2.13. The summed E-state index contributed by atoms with van der Waals surface area (Å²) in [6.45, 7) is 2.11. The Morgan fingerprint density at radius 2 is 2.22 bits per heavy atom. The molecule has 6 heteroatoms. The number of nitrogens with one attached hydrogen (secondary N) is 1. The van der Waals surface area contributed by atoms with Crippen molar-refractivity contribution >= 4 is 33.4 Å². The molecule has 1 fully saturated rings. The van der Waals surface area contributed by atoms with Gasteiger partial charge in [0.05, 0.1) is 10.9 Å². The van der Waals surface area contributed by atoms with Crippen LogP contribution in [0.4, 0.5) is 10.1 Å². The van der Waals surface area contributed by atoms with Gasteiger partial charge in [-0.15, -0.1) is 0 Å². The third-order valence-electron chi connectivity index (χ3n) is 2.82. The van der Waals surface area contributed by atoms with E-state index in [4.69, 9.17) is 0 Å². The number of amides is 2. The van der Waals surface area contributed by atoms with Gasteiger partial charge < -0.3 is 5.32 Å². The van der Waals surface area contributed by atoms with Crippen molar-refractivity contribution in [2.45, 2.75) is 19.4 Å². The Kier molecular flexibility index (Phi) is 3.65. The predicted molar refractivity (Wildman–Crippen MR) is 68.5 cm³/mol. The fourth-order valence-electron chi connectivity index (χ4n) is 1.92. The van der Waals surface area contributed by atoms with Gasteiger partial charge >= 0.3 is 0 Å². The SMILES string of the molecule is CCN1C(=O)CC(Nc2ccc(Br)c(F)c2)C1=O. The maximum absolute atomic E-state index is 13.3. The van der Waals surface area contributed by atoms with Crippen molar-refractivity contribution in [1.29, 1.82) is 0 Å². The highest BCUT2D eigenvalue weighted by Gasteiger charge is 2.37. The minimum absolute atomic E-state index is 0.115. The van der Waals surface area contributed by atoms with E-state index in [9.17, 15) is 14.0 Å². The number of likely N-dealkylation sites (tertiary alicyclic amines) is 1. The summed E-state index contributed by atoms with van der Waals surface area (Å²) >= 11 is 3.05. The van der Waals surface area contributed by atoms with Gasteiger partial charge in [0.15, 0.2) is 0 Å². The van der Waals surface area contributed by atoms with Crippen molar-refractivity contribution in [1.82, 2.24) is 4.90 Å². The van der Waals surface area contributed by atoms with E-state index in [0.29, 0.717) is 16.7 Å². The van der Waals surface area contributed by atoms with E-state index in [1.165, 1.54) is 11.0 Å². The molecule has 1 aliphatic rings. The quantitative estimate of drug-likeness (QED) is 0.870. The van der Waals surface area contributed by atoms with Gasteiger partial charge in [0, 0.05) is 12.2 Å². The molecule has 0 aliphatic carbocycles. The molecule has 2 amide bonds. The number of carbonyl (C=O) groups excluding carboxylic acids is 2. The molecular formula is C12H12BrFN2O2. The molecule has 0 bridgehead atoms. The van der Waals surface area contributed by atoms with Gasteiger partial charge in [0.25, 0.3) is 5.91 Å². The number of likely N-dealkylation sites (N-methyl/N-ethyl adjacent to an activating group) is 1. The molecule has 1 aliphatic heterocycles. The molecule has 1 aromatic carbocycles. The molecule has 0 radical (unpaired) electrons. The van der Waals surface area contributed by atoms with Crippen LogP contribution in [0.2, 0.25) is 0 Å². The lowest BCUT2D eigenvalue weighted by Crippen LogP contribution is -2.34. The monoisotopic (exact) mass is 314 g/mol. The molecule has 1 N–H and O–H groups in total. The summed E-state index contributed by atoms with van der Waals surface area (Å²) in [6.07, 6.45) is 0.115. The maximum atomic E-state index is 13.3. The van der Waals surface area contributed by atoms with E-state index in [1.807, 2.05) is 0 Å². The summed E-state index contributed by atoms with van der Waals surface area (Å²) in [7, 11) is 0. The van der Waals surface area contributed by atoms with E-state index >= 15 is 0 Å². The first-order valence-corrected chi connectivity index (χ1v) is 6.38. The molecule has 96 valence electrons.